The van der Waals surface area contributed by atoms with Crippen molar-refractivity contribution in [3.05, 3.63) is 29.8 Å². The molecular formula is C17H29N3O. The number of rotatable bonds is 6. The highest BCUT2D eigenvalue weighted by molar-refractivity contribution is 5.36. The Balaban J connectivity index is 2.10. The molecule has 2 rings (SSSR count). The minimum atomic E-state index is 0.260. The lowest BCUT2D eigenvalue weighted by atomic mass is 9.98. The van der Waals surface area contributed by atoms with Crippen LogP contribution < -0.4 is 10.5 Å². The molecule has 0 spiro atoms. The van der Waals surface area contributed by atoms with E-state index >= 15 is 0 Å². The van der Waals surface area contributed by atoms with Crippen molar-refractivity contribution in [3.63, 3.8) is 0 Å². The molecule has 1 saturated heterocycles. The van der Waals surface area contributed by atoms with Gasteiger partial charge >= 0.3 is 0 Å². The second-order valence-electron chi connectivity index (χ2n) is 5.95. The maximum atomic E-state index is 6.09. The lowest BCUT2D eigenvalue weighted by Gasteiger charge is -2.39. The molecule has 1 unspecified atom stereocenters. The van der Waals surface area contributed by atoms with Crippen molar-refractivity contribution in [1.82, 2.24) is 9.80 Å². The van der Waals surface area contributed by atoms with Crippen molar-refractivity contribution in [3.8, 4) is 5.75 Å². The molecule has 4 nitrogen and oxygen atoms in total. The van der Waals surface area contributed by atoms with Gasteiger partial charge in [0.25, 0.3) is 0 Å². The van der Waals surface area contributed by atoms with E-state index in [4.69, 9.17) is 10.5 Å². The summed E-state index contributed by atoms with van der Waals surface area (Å²) >= 11 is 0. The third kappa shape index (κ3) is 3.96. The molecule has 1 aliphatic rings. The van der Waals surface area contributed by atoms with Crippen molar-refractivity contribution in [1.29, 1.82) is 0 Å². The summed E-state index contributed by atoms with van der Waals surface area (Å²) in [5.41, 5.74) is 7.31. The number of para-hydroxylation sites is 1. The van der Waals surface area contributed by atoms with Crippen LogP contribution in [0.4, 0.5) is 0 Å². The van der Waals surface area contributed by atoms with Gasteiger partial charge in [-0.15, -0.1) is 0 Å². The number of piperidine rings is 1. The summed E-state index contributed by atoms with van der Waals surface area (Å²) < 4.78 is 5.78. The summed E-state index contributed by atoms with van der Waals surface area (Å²) in [4.78, 5) is 4.85. The highest BCUT2D eigenvalue weighted by Gasteiger charge is 2.27. The van der Waals surface area contributed by atoms with Crippen molar-refractivity contribution in [2.75, 3.05) is 40.3 Å². The topological polar surface area (TPSA) is 41.7 Å². The minimum absolute atomic E-state index is 0.260. The van der Waals surface area contributed by atoms with Gasteiger partial charge in [0, 0.05) is 31.2 Å². The number of hydrogen-bond acceptors (Lipinski definition) is 4. The second-order valence-corrected chi connectivity index (χ2v) is 5.95. The van der Waals surface area contributed by atoms with Crippen LogP contribution in [-0.4, -0.2) is 56.2 Å². The molecule has 0 amide bonds. The van der Waals surface area contributed by atoms with Gasteiger partial charge in [-0.1, -0.05) is 18.2 Å². The monoisotopic (exact) mass is 291 g/mol. The standard InChI is InChI=1S/C17H29N3O/c1-4-21-17-8-6-5-7-15(17)16(13-18)20-11-9-14(10-12-20)19(2)3/h5-8,14,16H,4,9-13,18H2,1-3H3. The highest BCUT2D eigenvalue weighted by atomic mass is 16.5. The Morgan fingerprint density at radius 2 is 1.95 bits per heavy atom. The molecule has 1 fully saturated rings. The summed E-state index contributed by atoms with van der Waals surface area (Å²) in [5, 5.41) is 0. The molecule has 4 heteroatoms. The van der Waals surface area contributed by atoms with Crippen LogP contribution in [0.25, 0.3) is 0 Å². The Labute approximate surface area is 128 Å². The van der Waals surface area contributed by atoms with E-state index in [0.717, 1.165) is 18.8 Å². The number of likely N-dealkylation sites (tertiary alicyclic amines) is 1. The SMILES string of the molecule is CCOc1ccccc1C(CN)N1CCC(N(C)C)CC1. The fraction of sp³-hybridized carbons (Fsp3) is 0.647. The molecule has 1 heterocycles. The van der Waals surface area contributed by atoms with Gasteiger partial charge in [0.15, 0.2) is 0 Å². The van der Waals surface area contributed by atoms with Crippen LogP contribution in [0.2, 0.25) is 0 Å². The van der Waals surface area contributed by atoms with Crippen LogP contribution in [0, 0.1) is 0 Å². The Hall–Kier alpha value is -1.10. The van der Waals surface area contributed by atoms with E-state index in [2.05, 4.69) is 36.0 Å². The van der Waals surface area contributed by atoms with Crippen LogP contribution in [-0.2, 0) is 0 Å². The van der Waals surface area contributed by atoms with Gasteiger partial charge in [-0.25, -0.2) is 0 Å². The van der Waals surface area contributed by atoms with Crippen molar-refractivity contribution < 1.29 is 4.74 Å². The van der Waals surface area contributed by atoms with Crippen molar-refractivity contribution in [2.45, 2.75) is 31.8 Å². The fourth-order valence-corrected chi connectivity index (χ4v) is 3.23. The number of benzene rings is 1. The third-order valence-corrected chi connectivity index (χ3v) is 4.47. The second kappa shape index (κ2) is 7.78. The minimum Gasteiger partial charge on any atom is -0.494 e. The van der Waals surface area contributed by atoms with Gasteiger partial charge in [-0.2, -0.15) is 0 Å². The lowest BCUT2D eigenvalue weighted by molar-refractivity contribution is 0.109. The Bertz CT molecular complexity index is 428. The van der Waals surface area contributed by atoms with Gasteiger partial charge in [0.2, 0.25) is 0 Å². The maximum absolute atomic E-state index is 6.09. The Morgan fingerprint density at radius 3 is 2.52 bits per heavy atom. The van der Waals surface area contributed by atoms with Crippen LogP contribution in [0.5, 0.6) is 5.75 Å². The zero-order chi connectivity index (χ0) is 15.2. The van der Waals surface area contributed by atoms with E-state index in [0.29, 0.717) is 19.2 Å². The van der Waals surface area contributed by atoms with E-state index in [1.807, 2.05) is 19.1 Å². The van der Waals surface area contributed by atoms with E-state index in [9.17, 15) is 0 Å². The molecule has 0 bridgehead atoms. The third-order valence-electron chi connectivity index (χ3n) is 4.47. The zero-order valence-corrected chi connectivity index (χ0v) is 13.6. The van der Waals surface area contributed by atoms with Gasteiger partial charge < -0.3 is 15.4 Å². The summed E-state index contributed by atoms with van der Waals surface area (Å²) in [6, 6.07) is 9.26. The first-order valence-corrected chi connectivity index (χ1v) is 7.99. The van der Waals surface area contributed by atoms with E-state index in [-0.39, 0.29) is 6.04 Å². The number of nitrogens with zero attached hydrogens (tertiary/aromatic N) is 2. The van der Waals surface area contributed by atoms with Crippen LogP contribution in [0.1, 0.15) is 31.4 Å². The predicted molar refractivity (Wildman–Crippen MR) is 87.7 cm³/mol. The van der Waals surface area contributed by atoms with Crippen LogP contribution in [0.3, 0.4) is 0 Å². The summed E-state index contributed by atoms with van der Waals surface area (Å²) in [5.74, 6) is 0.977. The summed E-state index contributed by atoms with van der Waals surface area (Å²) in [6.07, 6.45) is 2.42. The normalized spacial score (nSPS) is 18.9. The van der Waals surface area contributed by atoms with Crippen LogP contribution >= 0.6 is 0 Å². The first-order valence-electron chi connectivity index (χ1n) is 7.99. The molecule has 1 aromatic rings. The quantitative estimate of drug-likeness (QED) is 0.871. The summed E-state index contributed by atoms with van der Waals surface area (Å²) in [6.45, 7) is 5.56. The lowest BCUT2D eigenvalue weighted by Crippen LogP contribution is -2.45. The summed E-state index contributed by atoms with van der Waals surface area (Å²) in [7, 11) is 4.34. The first kappa shape index (κ1) is 16.3. The number of ether oxygens (including phenoxy) is 1. The Kier molecular flexibility index (Phi) is 6.03. The molecule has 1 atom stereocenters. The molecule has 118 valence electrons. The molecule has 0 aromatic heterocycles. The Morgan fingerprint density at radius 1 is 1.29 bits per heavy atom. The molecular weight excluding hydrogens is 262 g/mol. The van der Waals surface area contributed by atoms with Gasteiger partial charge in [-0.05, 0) is 39.9 Å². The number of nitrogens with two attached hydrogens (primary N) is 1. The molecule has 0 radical (unpaired) electrons. The molecule has 1 aromatic carbocycles. The van der Waals surface area contributed by atoms with E-state index < -0.39 is 0 Å². The average Bonchev–Trinajstić information content (AvgIpc) is 2.50. The van der Waals surface area contributed by atoms with E-state index in [1.54, 1.807) is 0 Å². The van der Waals surface area contributed by atoms with Gasteiger partial charge in [0.05, 0.1) is 12.6 Å². The van der Waals surface area contributed by atoms with Crippen molar-refractivity contribution in [2.24, 2.45) is 5.73 Å². The largest absolute Gasteiger partial charge is 0.494 e. The number of hydrogen-bond donors (Lipinski definition) is 1. The highest BCUT2D eigenvalue weighted by Crippen LogP contribution is 2.31. The smallest absolute Gasteiger partial charge is 0.124 e. The molecule has 2 N–H and O–H groups in total. The molecule has 1 aliphatic heterocycles. The maximum Gasteiger partial charge on any atom is 0.124 e. The average molecular weight is 291 g/mol. The fourth-order valence-electron chi connectivity index (χ4n) is 3.23. The van der Waals surface area contributed by atoms with Gasteiger partial charge in [0.1, 0.15) is 5.75 Å². The predicted octanol–water partition coefficient (Wildman–Crippen LogP) is 2.11. The van der Waals surface area contributed by atoms with Gasteiger partial charge in [-0.3, -0.25) is 4.90 Å². The van der Waals surface area contributed by atoms with Crippen molar-refractivity contribution >= 4 is 0 Å². The molecule has 21 heavy (non-hydrogen) atoms. The molecule has 0 saturated carbocycles. The molecule has 0 aliphatic carbocycles. The van der Waals surface area contributed by atoms with Crippen LogP contribution in [0.15, 0.2) is 24.3 Å². The first-order chi connectivity index (χ1) is 10.2. The zero-order valence-electron chi connectivity index (χ0n) is 13.6. The van der Waals surface area contributed by atoms with E-state index in [1.165, 1.54) is 18.4 Å².